The van der Waals surface area contributed by atoms with Gasteiger partial charge in [-0.3, -0.25) is 9.36 Å². The SMILES string of the molecule is CNCCn1c(Cl)nc2c(Cl)cccc2c1=O. The lowest BCUT2D eigenvalue weighted by Gasteiger charge is -2.09. The fourth-order valence-electron chi connectivity index (χ4n) is 1.60. The van der Waals surface area contributed by atoms with E-state index >= 15 is 0 Å². The second-order valence-corrected chi connectivity index (χ2v) is 4.32. The van der Waals surface area contributed by atoms with E-state index in [1.807, 2.05) is 7.05 Å². The first-order valence-corrected chi connectivity index (χ1v) is 5.90. The van der Waals surface area contributed by atoms with Gasteiger partial charge in [-0.15, -0.1) is 0 Å². The van der Waals surface area contributed by atoms with Crippen LogP contribution in [0.5, 0.6) is 0 Å². The summed E-state index contributed by atoms with van der Waals surface area (Å²) in [6.07, 6.45) is 0. The molecule has 4 nitrogen and oxygen atoms in total. The van der Waals surface area contributed by atoms with Crippen LogP contribution in [0.1, 0.15) is 0 Å². The molecule has 2 aromatic rings. The van der Waals surface area contributed by atoms with Crippen molar-refractivity contribution in [1.82, 2.24) is 14.9 Å². The normalized spacial score (nSPS) is 11.0. The van der Waals surface area contributed by atoms with E-state index in [1.165, 1.54) is 4.57 Å². The van der Waals surface area contributed by atoms with Crippen LogP contribution in [0.25, 0.3) is 10.9 Å². The molecule has 0 aliphatic rings. The highest BCUT2D eigenvalue weighted by atomic mass is 35.5. The van der Waals surface area contributed by atoms with Crippen molar-refractivity contribution >= 4 is 34.1 Å². The number of nitrogens with one attached hydrogen (secondary N) is 1. The Labute approximate surface area is 108 Å². The van der Waals surface area contributed by atoms with Crippen LogP contribution in [0, 0.1) is 0 Å². The molecule has 0 fully saturated rings. The molecule has 1 N–H and O–H groups in total. The predicted molar refractivity (Wildman–Crippen MR) is 69.9 cm³/mol. The van der Waals surface area contributed by atoms with Gasteiger partial charge in [-0.2, -0.15) is 0 Å². The zero-order valence-corrected chi connectivity index (χ0v) is 10.7. The van der Waals surface area contributed by atoms with Gasteiger partial charge in [0.1, 0.15) is 0 Å². The van der Waals surface area contributed by atoms with Crippen LogP contribution >= 0.6 is 23.2 Å². The van der Waals surface area contributed by atoms with Gasteiger partial charge in [0.05, 0.1) is 15.9 Å². The Morgan fingerprint density at radius 1 is 1.41 bits per heavy atom. The zero-order chi connectivity index (χ0) is 12.4. The Morgan fingerprint density at radius 3 is 2.88 bits per heavy atom. The first-order valence-electron chi connectivity index (χ1n) is 5.14. The van der Waals surface area contributed by atoms with Gasteiger partial charge in [-0.25, -0.2) is 4.98 Å². The van der Waals surface area contributed by atoms with Crippen molar-refractivity contribution in [1.29, 1.82) is 0 Å². The first-order chi connectivity index (χ1) is 8.15. The average Bonchev–Trinajstić information content (AvgIpc) is 2.31. The molecule has 90 valence electrons. The van der Waals surface area contributed by atoms with Crippen LogP contribution in [0.2, 0.25) is 10.3 Å². The fourth-order valence-corrected chi connectivity index (χ4v) is 2.06. The van der Waals surface area contributed by atoms with E-state index in [4.69, 9.17) is 23.2 Å². The largest absolute Gasteiger partial charge is 0.318 e. The first kappa shape index (κ1) is 12.4. The summed E-state index contributed by atoms with van der Waals surface area (Å²) < 4.78 is 1.43. The van der Waals surface area contributed by atoms with Crippen LogP contribution in [-0.2, 0) is 6.54 Å². The summed E-state index contributed by atoms with van der Waals surface area (Å²) in [5.74, 6) is 0. The van der Waals surface area contributed by atoms with E-state index in [9.17, 15) is 4.79 Å². The number of nitrogens with zero attached hydrogens (tertiary/aromatic N) is 2. The zero-order valence-electron chi connectivity index (χ0n) is 9.20. The third-order valence-corrected chi connectivity index (χ3v) is 3.07. The third kappa shape index (κ3) is 2.29. The van der Waals surface area contributed by atoms with Crippen molar-refractivity contribution in [3.8, 4) is 0 Å². The second kappa shape index (κ2) is 5.04. The summed E-state index contributed by atoms with van der Waals surface area (Å²) in [4.78, 5) is 16.3. The van der Waals surface area contributed by atoms with Gasteiger partial charge in [-0.05, 0) is 30.8 Å². The number of rotatable bonds is 3. The Hall–Kier alpha value is -1.10. The molecule has 0 saturated carbocycles. The van der Waals surface area contributed by atoms with Crippen LogP contribution < -0.4 is 10.9 Å². The van der Waals surface area contributed by atoms with Crippen molar-refractivity contribution in [2.24, 2.45) is 0 Å². The predicted octanol–water partition coefficient (Wildman–Crippen LogP) is 1.92. The Balaban J connectivity index is 2.68. The molecule has 0 aliphatic carbocycles. The van der Waals surface area contributed by atoms with Gasteiger partial charge in [-0.1, -0.05) is 17.7 Å². The summed E-state index contributed by atoms with van der Waals surface area (Å²) in [5.41, 5.74) is 0.280. The minimum Gasteiger partial charge on any atom is -0.318 e. The molecule has 0 radical (unpaired) electrons. The van der Waals surface area contributed by atoms with Crippen LogP contribution in [-0.4, -0.2) is 23.1 Å². The summed E-state index contributed by atoms with van der Waals surface area (Å²) >= 11 is 12.0. The lowest BCUT2D eigenvalue weighted by atomic mass is 10.2. The molecular weight excluding hydrogens is 261 g/mol. The number of halogens is 2. The van der Waals surface area contributed by atoms with Gasteiger partial charge in [0, 0.05) is 13.1 Å². The van der Waals surface area contributed by atoms with Crippen LogP contribution in [0.4, 0.5) is 0 Å². The van der Waals surface area contributed by atoms with Gasteiger partial charge < -0.3 is 5.32 Å². The Bertz CT molecular complexity index is 609. The molecule has 6 heteroatoms. The lowest BCUT2D eigenvalue weighted by molar-refractivity contribution is 0.622. The number of para-hydroxylation sites is 1. The van der Waals surface area contributed by atoms with E-state index in [-0.39, 0.29) is 10.8 Å². The third-order valence-electron chi connectivity index (χ3n) is 2.47. The molecule has 17 heavy (non-hydrogen) atoms. The molecule has 1 heterocycles. The van der Waals surface area contributed by atoms with Crippen molar-refractivity contribution in [2.75, 3.05) is 13.6 Å². The molecule has 0 bridgehead atoms. The molecular formula is C11H11Cl2N3O. The minimum atomic E-state index is -0.169. The maximum atomic E-state index is 12.2. The summed E-state index contributed by atoms with van der Waals surface area (Å²) in [6.45, 7) is 1.12. The average molecular weight is 272 g/mol. The van der Waals surface area contributed by atoms with E-state index in [1.54, 1.807) is 18.2 Å². The standard InChI is InChI=1S/C11H11Cl2N3O/c1-14-5-6-16-10(17)7-3-2-4-8(12)9(7)15-11(16)13/h2-4,14H,5-6H2,1H3. The number of hydrogen-bond acceptors (Lipinski definition) is 3. The molecule has 1 aromatic heterocycles. The number of aromatic nitrogens is 2. The molecule has 2 rings (SSSR count). The van der Waals surface area contributed by atoms with Crippen LogP contribution in [0.3, 0.4) is 0 Å². The van der Waals surface area contributed by atoms with Crippen molar-refractivity contribution in [3.05, 3.63) is 38.9 Å². The summed E-state index contributed by atoms with van der Waals surface area (Å²) in [6, 6.07) is 5.11. The molecule has 0 amide bonds. The smallest absolute Gasteiger partial charge is 0.262 e. The van der Waals surface area contributed by atoms with Crippen LogP contribution in [0.15, 0.2) is 23.0 Å². The van der Waals surface area contributed by atoms with Gasteiger partial charge in [0.15, 0.2) is 0 Å². The lowest BCUT2D eigenvalue weighted by Crippen LogP contribution is -2.27. The second-order valence-electron chi connectivity index (χ2n) is 3.58. The molecule has 1 aromatic carbocycles. The fraction of sp³-hybridized carbons (Fsp3) is 0.273. The Kier molecular flexibility index (Phi) is 3.66. The topological polar surface area (TPSA) is 46.9 Å². The molecule has 0 aliphatic heterocycles. The highest BCUT2D eigenvalue weighted by Gasteiger charge is 2.10. The van der Waals surface area contributed by atoms with E-state index < -0.39 is 0 Å². The number of fused-ring (bicyclic) bond motifs is 1. The van der Waals surface area contributed by atoms with Crippen molar-refractivity contribution < 1.29 is 0 Å². The van der Waals surface area contributed by atoms with Gasteiger partial charge in [0.25, 0.3) is 5.56 Å². The van der Waals surface area contributed by atoms with E-state index in [2.05, 4.69) is 10.3 Å². The van der Waals surface area contributed by atoms with Gasteiger partial charge >= 0.3 is 0 Å². The highest BCUT2D eigenvalue weighted by molar-refractivity contribution is 6.35. The van der Waals surface area contributed by atoms with E-state index in [0.29, 0.717) is 29.0 Å². The number of benzene rings is 1. The molecule has 0 atom stereocenters. The maximum absolute atomic E-state index is 12.2. The molecule has 0 saturated heterocycles. The maximum Gasteiger partial charge on any atom is 0.262 e. The molecule has 0 spiro atoms. The number of likely N-dealkylation sites (N-methyl/N-ethyl adjacent to an activating group) is 1. The quantitative estimate of drug-likeness (QED) is 0.868. The molecule has 0 unspecified atom stereocenters. The van der Waals surface area contributed by atoms with Crippen molar-refractivity contribution in [3.63, 3.8) is 0 Å². The number of hydrogen-bond donors (Lipinski definition) is 1. The van der Waals surface area contributed by atoms with E-state index in [0.717, 1.165) is 0 Å². The van der Waals surface area contributed by atoms with Gasteiger partial charge in [0.2, 0.25) is 5.28 Å². The van der Waals surface area contributed by atoms with Crippen molar-refractivity contribution in [2.45, 2.75) is 6.54 Å². The summed E-state index contributed by atoms with van der Waals surface area (Å²) in [7, 11) is 1.81. The highest BCUT2D eigenvalue weighted by Crippen LogP contribution is 2.20. The monoisotopic (exact) mass is 271 g/mol. The summed E-state index contributed by atoms with van der Waals surface area (Å²) in [5, 5.41) is 4.03. The Morgan fingerprint density at radius 2 is 2.18 bits per heavy atom. The minimum absolute atomic E-state index is 0.158.